The molecule has 1 saturated heterocycles. The van der Waals surface area contributed by atoms with E-state index in [1.165, 1.54) is 5.56 Å². The predicted octanol–water partition coefficient (Wildman–Crippen LogP) is 3.03. The number of amides is 1. The molecule has 0 saturated carbocycles. The summed E-state index contributed by atoms with van der Waals surface area (Å²) in [7, 11) is 0. The van der Waals surface area contributed by atoms with Crippen LogP contribution in [0.5, 0.6) is 0 Å². The highest BCUT2D eigenvalue weighted by Gasteiger charge is 2.30. The third kappa shape index (κ3) is 2.52. The number of piperidine rings is 1. The van der Waals surface area contributed by atoms with Gasteiger partial charge in [0.05, 0.1) is 28.5 Å². The molecule has 0 aliphatic carbocycles. The number of nitrogens with one attached hydrogen (secondary N) is 1. The minimum Gasteiger partial charge on any atom is -0.342 e. The van der Waals surface area contributed by atoms with Crippen LogP contribution in [0.1, 0.15) is 52.6 Å². The molecule has 1 amide bonds. The third-order valence-corrected chi connectivity index (χ3v) is 5.71. The fraction of sp³-hybridized carbons (Fsp3) is 0.450. The van der Waals surface area contributed by atoms with E-state index in [1.54, 1.807) is 6.20 Å². The van der Waals surface area contributed by atoms with Gasteiger partial charge in [-0.25, -0.2) is 4.98 Å². The molecule has 6 heteroatoms. The second-order valence-electron chi connectivity index (χ2n) is 7.56. The molecule has 1 atom stereocenters. The first-order chi connectivity index (χ1) is 12.7. The highest BCUT2D eigenvalue weighted by atomic mass is 16.2. The number of aromatic amines is 1. The van der Waals surface area contributed by atoms with Gasteiger partial charge in [0.1, 0.15) is 5.82 Å². The Morgan fingerprint density at radius 3 is 3.12 bits per heavy atom. The quantitative estimate of drug-likeness (QED) is 0.773. The van der Waals surface area contributed by atoms with Gasteiger partial charge in [-0.15, -0.1) is 0 Å². The van der Waals surface area contributed by atoms with Crippen molar-refractivity contribution in [2.45, 2.75) is 45.1 Å². The zero-order chi connectivity index (χ0) is 17.7. The fourth-order valence-electron chi connectivity index (χ4n) is 4.33. The van der Waals surface area contributed by atoms with E-state index in [0.717, 1.165) is 73.4 Å². The van der Waals surface area contributed by atoms with Crippen molar-refractivity contribution in [3.05, 3.63) is 47.0 Å². The summed E-state index contributed by atoms with van der Waals surface area (Å²) in [4.78, 5) is 23.3. The first-order valence-corrected chi connectivity index (χ1v) is 9.49. The Kier molecular flexibility index (Phi) is 3.58. The summed E-state index contributed by atoms with van der Waals surface area (Å²) in [5.41, 5.74) is 5.21. The summed E-state index contributed by atoms with van der Waals surface area (Å²) < 4.78 is 1.98. The Bertz CT molecular complexity index is 985. The van der Waals surface area contributed by atoms with E-state index < -0.39 is 0 Å². The molecule has 0 spiro atoms. The molecule has 1 unspecified atom stereocenters. The van der Waals surface area contributed by atoms with Crippen molar-refractivity contribution in [3.8, 4) is 0 Å². The van der Waals surface area contributed by atoms with Crippen LogP contribution < -0.4 is 0 Å². The van der Waals surface area contributed by atoms with E-state index >= 15 is 0 Å². The second-order valence-corrected chi connectivity index (χ2v) is 7.56. The van der Waals surface area contributed by atoms with Crippen LogP contribution in [-0.2, 0) is 13.0 Å². The summed E-state index contributed by atoms with van der Waals surface area (Å²) in [5.74, 6) is 1.40. The van der Waals surface area contributed by atoms with Crippen LogP contribution >= 0.6 is 0 Å². The largest absolute Gasteiger partial charge is 0.342 e. The number of aryl methyl sites for hydroxylation is 2. The Morgan fingerprint density at radius 1 is 1.27 bits per heavy atom. The Balaban J connectivity index is 1.39. The normalized spacial score (nSPS) is 19.9. The van der Waals surface area contributed by atoms with E-state index in [4.69, 9.17) is 4.98 Å². The van der Waals surface area contributed by atoms with Crippen molar-refractivity contribution < 1.29 is 4.79 Å². The number of likely N-dealkylation sites (tertiary alicyclic amines) is 1. The lowest BCUT2D eigenvalue weighted by atomic mass is 9.96. The van der Waals surface area contributed by atoms with Gasteiger partial charge in [-0.05, 0) is 50.3 Å². The zero-order valence-electron chi connectivity index (χ0n) is 15.0. The maximum atomic E-state index is 13.1. The summed E-state index contributed by atoms with van der Waals surface area (Å²) in [5, 5.41) is 4.38. The zero-order valence-corrected chi connectivity index (χ0v) is 15.0. The maximum Gasteiger partial charge on any atom is 0.257 e. The predicted molar refractivity (Wildman–Crippen MR) is 99.3 cm³/mol. The van der Waals surface area contributed by atoms with E-state index in [0.29, 0.717) is 0 Å². The van der Waals surface area contributed by atoms with Crippen LogP contribution in [0, 0.1) is 6.92 Å². The molecule has 0 radical (unpaired) electrons. The van der Waals surface area contributed by atoms with Gasteiger partial charge in [-0.3, -0.25) is 9.48 Å². The standard InChI is InChI=1S/C20H23N5O/c1-13-6-7-16-17(10-13)23-19(22-16)14-4-2-8-24(12-14)20(26)15-11-21-25-9-3-5-18(15)25/h6-7,10-11,14H,2-5,8-9,12H2,1H3,(H,22,23). The molecule has 5 rings (SSSR count). The lowest BCUT2D eigenvalue weighted by Crippen LogP contribution is -2.39. The molecule has 1 fully saturated rings. The number of aromatic nitrogens is 4. The van der Waals surface area contributed by atoms with Crippen molar-refractivity contribution >= 4 is 16.9 Å². The number of carbonyl (C=O) groups excluding carboxylic acids is 1. The van der Waals surface area contributed by atoms with Gasteiger partial charge in [0.25, 0.3) is 5.91 Å². The van der Waals surface area contributed by atoms with Gasteiger partial charge in [0, 0.05) is 25.6 Å². The van der Waals surface area contributed by atoms with Gasteiger partial charge in [0.2, 0.25) is 0 Å². The minimum absolute atomic E-state index is 0.129. The molecule has 4 heterocycles. The first kappa shape index (κ1) is 15.6. The van der Waals surface area contributed by atoms with Crippen LogP contribution in [-0.4, -0.2) is 43.6 Å². The summed E-state index contributed by atoms with van der Waals surface area (Å²) in [6.45, 7) is 4.57. The van der Waals surface area contributed by atoms with Crippen molar-refractivity contribution in [3.63, 3.8) is 0 Å². The van der Waals surface area contributed by atoms with Crippen molar-refractivity contribution in [1.29, 1.82) is 0 Å². The van der Waals surface area contributed by atoms with Crippen LogP contribution in [0.2, 0.25) is 0 Å². The third-order valence-electron chi connectivity index (χ3n) is 5.71. The van der Waals surface area contributed by atoms with Gasteiger partial charge < -0.3 is 9.88 Å². The van der Waals surface area contributed by atoms with Crippen molar-refractivity contribution in [2.24, 2.45) is 0 Å². The van der Waals surface area contributed by atoms with Gasteiger partial charge >= 0.3 is 0 Å². The molecule has 0 bridgehead atoms. The number of imidazole rings is 1. The number of benzene rings is 1. The molecule has 2 aromatic heterocycles. The number of hydrogen-bond acceptors (Lipinski definition) is 3. The average Bonchev–Trinajstić information content (AvgIpc) is 3.36. The first-order valence-electron chi connectivity index (χ1n) is 9.49. The van der Waals surface area contributed by atoms with E-state index in [-0.39, 0.29) is 11.8 Å². The number of fused-ring (bicyclic) bond motifs is 2. The molecule has 26 heavy (non-hydrogen) atoms. The van der Waals surface area contributed by atoms with Gasteiger partial charge in [0.15, 0.2) is 0 Å². The molecular weight excluding hydrogens is 326 g/mol. The maximum absolute atomic E-state index is 13.1. The highest BCUT2D eigenvalue weighted by molar-refractivity contribution is 5.95. The smallest absolute Gasteiger partial charge is 0.257 e. The SMILES string of the molecule is Cc1ccc2nc(C3CCCN(C(=O)c4cnn5c4CCC5)C3)[nH]c2c1. The summed E-state index contributed by atoms with van der Waals surface area (Å²) in [6.07, 6.45) is 5.88. The molecular formula is C20H23N5O. The number of H-pyrrole nitrogens is 1. The Hall–Kier alpha value is -2.63. The fourth-order valence-corrected chi connectivity index (χ4v) is 4.33. The lowest BCUT2D eigenvalue weighted by molar-refractivity contribution is 0.0704. The summed E-state index contributed by atoms with van der Waals surface area (Å²) >= 11 is 0. The average molecular weight is 349 g/mol. The Morgan fingerprint density at radius 2 is 2.19 bits per heavy atom. The Labute approximate surface area is 152 Å². The number of nitrogens with zero attached hydrogens (tertiary/aromatic N) is 4. The van der Waals surface area contributed by atoms with E-state index in [2.05, 4.69) is 35.2 Å². The van der Waals surface area contributed by atoms with Crippen LogP contribution in [0.25, 0.3) is 11.0 Å². The second kappa shape index (κ2) is 5.97. The molecule has 1 N–H and O–H groups in total. The van der Waals surface area contributed by atoms with Gasteiger partial charge in [-0.1, -0.05) is 6.07 Å². The molecule has 3 aromatic rings. The monoisotopic (exact) mass is 349 g/mol. The van der Waals surface area contributed by atoms with Crippen LogP contribution in [0.15, 0.2) is 24.4 Å². The lowest BCUT2D eigenvalue weighted by Gasteiger charge is -2.31. The molecule has 1 aromatic carbocycles. The molecule has 2 aliphatic heterocycles. The molecule has 2 aliphatic rings. The van der Waals surface area contributed by atoms with Gasteiger partial charge in [-0.2, -0.15) is 5.10 Å². The minimum atomic E-state index is 0.129. The highest BCUT2D eigenvalue weighted by Crippen LogP contribution is 2.29. The van der Waals surface area contributed by atoms with Crippen molar-refractivity contribution in [1.82, 2.24) is 24.6 Å². The topological polar surface area (TPSA) is 66.8 Å². The molecule has 6 nitrogen and oxygen atoms in total. The number of hydrogen-bond donors (Lipinski definition) is 1. The number of rotatable bonds is 2. The molecule has 134 valence electrons. The van der Waals surface area contributed by atoms with E-state index in [1.807, 2.05) is 9.58 Å². The van der Waals surface area contributed by atoms with E-state index in [9.17, 15) is 4.79 Å². The summed E-state index contributed by atoms with van der Waals surface area (Å²) in [6, 6.07) is 6.28. The van der Waals surface area contributed by atoms with Crippen LogP contribution in [0.4, 0.5) is 0 Å². The van der Waals surface area contributed by atoms with Crippen molar-refractivity contribution in [2.75, 3.05) is 13.1 Å². The number of carbonyl (C=O) groups is 1. The van der Waals surface area contributed by atoms with Crippen LogP contribution in [0.3, 0.4) is 0 Å².